The molecule has 1 fully saturated rings. The zero-order chi connectivity index (χ0) is 22.0. The molecule has 3 aromatic rings. The molecule has 1 aromatic heterocycles. The van der Waals surface area contributed by atoms with Crippen molar-refractivity contribution in [1.82, 2.24) is 15.3 Å². The molecule has 0 aliphatic carbocycles. The van der Waals surface area contributed by atoms with Crippen molar-refractivity contribution >= 4 is 11.8 Å². The van der Waals surface area contributed by atoms with Crippen LogP contribution in [0.5, 0.6) is 23.1 Å². The van der Waals surface area contributed by atoms with Crippen molar-refractivity contribution in [1.29, 1.82) is 0 Å². The molecule has 6 nitrogen and oxygen atoms in total. The van der Waals surface area contributed by atoms with Crippen LogP contribution >= 0.6 is 11.8 Å². The third kappa shape index (κ3) is 6.37. The molecule has 0 spiro atoms. The summed E-state index contributed by atoms with van der Waals surface area (Å²) in [6.07, 6.45) is 7.60. The second-order valence-corrected chi connectivity index (χ2v) is 8.59. The fraction of sp³-hybridized carbons (Fsp3) is 0.360. The summed E-state index contributed by atoms with van der Waals surface area (Å²) in [5.74, 6) is 5.17. The SMILES string of the molecule is CCCc1cc(Oc2cnccn2)ccc1OCCCOc1ccc(C2CSCN2)cc1. The Bertz CT molecular complexity index is 964. The van der Waals surface area contributed by atoms with Gasteiger partial charge in [0, 0.05) is 36.5 Å². The van der Waals surface area contributed by atoms with Gasteiger partial charge in [-0.1, -0.05) is 25.5 Å². The van der Waals surface area contributed by atoms with Crippen LogP contribution < -0.4 is 19.5 Å². The predicted molar refractivity (Wildman–Crippen MR) is 128 cm³/mol. The maximum absolute atomic E-state index is 6.05. The number of hydrogen-bond acceptors (Lipinski definition) is 7. The number of thioether (sulfide) groups is 1. The zero-order valence-electron chi connectivity index (χ0n) is 18.3. The van der Waals surface area contributed by atoms with Crippen molar-refractivity contribution in [3.8, 4) is 23.1 Å². The van der Waals surface area contributed by atoms with Crippen LogP contribution in [0.2, 0.25) is 0 Å². The summed E-state index contributed by atoms with van der Waals surface area (Å²) in [5, 5.41) is 3.49. The van der Waals surface area contributed by atoms with Crippen molar-refractivity contribution in [3.05, 3.63) is 72.2 Å². The van der Waals surface area contributed by atoms with Gasteiger partial charge in [-0.05, 0) is 47.9 Å². The minimum atomic E-state index is 0.456. The monoisotopic (exact) mass is 451 g/mol. The Morgan fingerprint density at radius 3 is 2.62 bits per heavy atom. The molecule has 1 aliphatic heterocycles. The minimum absolute atomic E-state index is 0.456. The number of aryl methyl sites for hydroxylation is 1. The highest BCUT2D eigenvalue weighted by Gasteiger charge is 2.16. The van der Waals surface area contributed by atoms with E-state index in [0.29, 0.717) is 25.1 Å². The molecule has 0 radical (unpaired) electrons. The van der Waals surface area contributed by atoms with Gasteiger partial charge in [-0.2, -0.15) is 0 Å². The Balaban J connectivity index is 1.24. The summed E-state index contributed by atoms with van der Waals surface area (Å²) in [5.41, 5.74) is 2.45. The standard InChI is InChI=1S/C25H29N3O3S/c1-2-4-20-15-22(31-25-16-26-11-12-27-25)9-10-24(20)30-14-3-13-29-21-7-5-19(6-8-21)23-17-32-18-28-23/h5-12,15-16,23,28H,2-4,13-14,17-18H2,1H3. The van der Waals surface area contributed by atoms with E-state index in [0.717, 1.165) is 53.7 Å². The largest absolute Gasteiger partial charge is 0.493 e. The maximum atomic E-state index is 6.05. The van der Waals surface area contributed by atoms with Gasteiger partial charge in [-0.3, -0.25) is 4.98 Å². The fourth-order valence-corrected chi connectivity index (χ4v) is 4.50. The summed E-state index contributed by atoms with van der Waals surface area (Å²) in [6, 6.07) is 14.7. The normalized spacial score (nSPS) is 15.5. The lowest BCUT2D eigenvalue weighted by atomic mass is 10.1. The lowest BCUT2D eigenvalue weighted by Gasteiger charge is -2.14. The first-order valence-electron chi connectivity index (χ1n) is 11.1. The first-order chi connectivity index (χ1) is 15.8. The van der Waals surface area contributed by atoms with Crippen molar-refractivity contribution in [2.45, 2.75) is 32.2 Å². The second kappa shape index (κ2) is 11.7. The van der Waals surface area contributed by atoms with Crippen LogP contribution in [-0.4, -0.2) is 34.8 Å². The number of nitrogens with zero attached hydrogens (tertiary/aromatic N) is 2. The topological polar surface area (TPSA) is 65.5 Å². The lowest BCUT2D eigenvalue weighted by Crippen LogP contribution is -2.14. The van der Waals surface area contributed by atoms with Crippen LogP contribution in [-0.2, 0) is 6.42 Å². The van der Waals surface area contributed by atoms with Crippen molar-refractivity contribution in [3.63, 3.8) is 0 Å². The highest BCUT2D eigenvalue weighted by Crippen LogP contribution is 2.28. The molecule has 0 bridgehead atoms. The fourth-order valence-electron chi connectivity index (χ4n) is 3.52. The van der Waals surface area contributed by atoms with Gasteiger partial charge in [0.25, 0.3) is 0 Å². The molecule has 1 saturated heterocycles. The number of nitrogens with one attached hydrogen (secondary N) is 1. The van der Waals surface area contributed by atoms with Crippen molar-refractivity contribution < 1.29 is 14.2 Å². The quantitative estimate of drug-likeness (QED) is 0.391. The average Bonchev–Trinajstić information content (AvgIpc) is 3.36. The van der Waals surface area contributed by atoms with Gasteiger partial charge >= 0.3 is 0 Å². The van der Waals surface area contributed by atoms with E-state index in [1.807, 2.05) is 30.0 Å². The molecule has 4 rings (SSSR count). The van der Waals surface area contributed by atoms with Gasteiger partial charge < -0.3 is 19.5 Å². The molecule has 1 unspecified atom stereocenters. The highest BCUT2D eigenvalue weighted by molar-refractivity contribution is 7.99. The van der Waals surface area contributed by atoms with E-state index in [9.17, 15) is 0 Å². The summed E-state index contributed by atoms with van der Waals surface area (Å²) in [6.45, 7) is 3.37. The molecular formula is C25H29N3O3S. The van der Waals surface area contributed by atoms with E-state index < -0.39 is 0 Å². The molecule has 1 N–H and O–H groups in total. The molecule has 0 saturated carbocycles. The van der Waals surface area contributed by atoms with Crippen LogP contribution in [0, 0.1) is 0 Å². The first kappa shape index (κ1) is 22.4. The summed E-state index contributed by atoms with van der Waals surface area (Å²) >= 11 is 1.93. The summed E-state index contributed by atoms with van der Waals surface area (Å²) < 4.78 is 17.7. The van der Waals surface area contributed by atoms with Gasteiger partial charge in [-0.25, -0.2) is 4.98 Å². The first-order valence-corrected chi connectivity index (χ1v) is 12.2. The van der Waals surface area contributed by atoms with Crippen LogP contribution in [0.1, 0.15) is 36.9 Å². The smallest absolute Gasteiger partial charge is 0.237 e. The van der Waals surface area contributed by atoms with E-state index in [2.05, 4.69) is 46.5 Å². The number of hydrogen-bond donors (Lipinski definition) is 1. The van der Waals surface area contributed by atoms with Gasteiger partial charge in [0.1, 0.15) is 17.2 Å². The van der Waals surface area contributed by atoms with Gasteiger partial charge in [0.2, 0.25) is 5.88 Å². The molecule has 32 heavy (non-hydrogen) atoms. The number of aromatic nitrogens is 2. The predicted octanol–water partition coefficient (Wildman–Crippen LogP) is 5.40. The molecular weight excluding hydrogens is 422 g/mol. The number of rotatable bonds is 11. The Kier molecular flexibility index (Phi) is 8.23. The summed E-state index contributed by atoms with van der Waals surface area (Å²) in [4.78, 5) is 8.19. The Hall–Kier alpha value is -2.77. The number of ether oxygens (including phenoxy) is 3. The summed E-state index contributed by atoms with van der Waals surface area (Å²) in [7, 11) is 0. The molecule has 2 heterocycles. The van der Waals surface area contributed by atoms with E-state index in [4.69, 9.17) is 14.2 Å². The third-order valence-corrected chi connectivity index (χ3v) is 6.07. The van der Waals surface area contributed by atoms with Gasteiger partial charge in [0.05, 0.1) is 19.4 Å². The molecule has 7 heteroatoms. The van der Waals surface area contributed by atoms with E-state index in [-0.39, 0.29) is 0 Å². The minimum Gasteiger partial charge on any atom is -0.493 e. The zero-order valence-corrected chi connectivity index (χ0v) is 19.1. The van der Waals surface area contributed by atoms with Gasteiger partial charge in [0.15, 0.2) is 0 Å². The third-order valence-electron chi connectivity index (χ3n) is 5.13. The lowest BCUT2D eigenvalue weighted by molar-refractivity contribution is 0.246. The van der Waals surface area contributed by atoms with Crippen molar-refractivity contribution in [2.24, 2.45) is 0 Å². The Morgan fingerprint density at radius 1 is 1.03 bits per heavy atom. The second-order valence-electron chi connectivity index (χ2n) is 7.56. The maximum Gasteiger partial charge on any atom is 0.237 e. The van der Waals surface area contributed by atoms with Crippen LogP contribution in [0.25, 0.3) is 0 Å². The molecule has 2 aromatic carbocycles. The average molecular weight is 452 g/mol. The van der Waals surface area contributed by atoms with Crippen LogP contribution in [0.15, 0.2) is 61.1 Å². The molecule has 1 aliphatic rings. The molecule has 0 amide bonds. The van der Waals surface area contributed by atoms with Crippen molar-refractivity contribution in [2.75, 3.05) is 24.8 Å². The molecule has 168 valence electrons. The molecule has 1 atom stereocenters. The highest BCUT2D eigenvalue weighted by atomic mass is 32.2. The van der Waals surface area contributed by atoms with E-state index in [1.165, 1.54) is 5.56 Å². The Labute approximate surface area is 193 Å². The number of benzene rings is 2. The van der Waals surface area contributed by atoms with Crippen LogP contribution in [0.4, 0.5) is 0 Å². The van der Waals surface area contributed by atoms with E-state index in [1.54, 1.807) is 18.6 Å². The van der Waals surface area contributed by atoms with Gasteiger partial charge in [-0.15, -0.1) is 11.8 Å². The van der Waals surface area contributed by atoms with Crippen LogP contribution in [0.3, 0.4) is 0 Å². The van der Waals surface area contributed by atoms with E-state index >= 15 is 0 Å². The Morgan fingerprint density at radius 2 is 1.88 bits per heavy atom.